The van der Waals surface area contributed by atoms with Gasteiger partial charge in [-0.1, -0.05) is 22.9 Å². The number of carbonyl (C=O) groups is 4. The van der Waals surface area contributed by atoms with Crippen molar-refractivity contribution in [2.24, 2.45) is 5.92 Å². The molecule has 3 amide bonds. The predicted octanol–water partition coefficient (Wildman–Crippen LogP) is 0.967. The Bertz CT molecular complexity index is 954. The van der Waals surface area contributed by atoms with Crippen molar-refractivity contribution in [3.8, 4) is 0 Å². The van der Waals surface area contributed by atoms with E-state index in [0.29, 0.717) is 11.3 Å². The highest BCUT2D eigenvalue weighted by molar-refractivity contribution is 5.97. The van der Waals surface area contributed by atoms with E-state index in [0.717, 1.165) is 10.6 Å². The Labute approximate surface area is 166 Å². The van der Waals surface area contributed by atoms with Crippen LogP contribution in [0.5, 0.6) is 0 Å². The SMILES string of the molecule is Cc1cccc(C(=O)NN2C[C@@H](C(=O)OCC(=O)Nc3cc(C)on3)CC2=O)c1. The van der Waals surface area contributed by atoms with Crippen molar-refractivity contribution in [1.29, 1.82) is 0 Å². The first kappa shape index (κ1) is 20.1. The summed E-state index contributed by atoms with van der Waals surface area (Å²) < 4.78 is 9.78. The molecule has 152 valence electrons. The number of anilines is 1. The van der Waals surface area contributed by atoms with Crippen LogP contribution in [0.3, 0.4) is 0 Å². The molecule has 0 unspecified atom stereocenters. The van der Waals surface area contributed by atoms with E-state index in [1.807, 2.05) is 13.0 Å². The van der Waals surface area contributed by atoms with Crippen molar-refractivity contribution in [2.75, 3.05) is 18.5 Å². The quantitative estimate of drug-likeness (QED) is 0.691. The fourth-order valence-electron chi connectivity index (χ4n) is 2.81. The molecule has 2 heterocycles. The summed E-state index contributed by atoms with van der Waals surface area (Å²) in [5.41, 5.74) is 3.81. The van der Waals surface area contributed by atoms with E-state index in [9.17, 15) is 19.2 Å². The lowest BCUT2D eigenvalue weighted by molar-refractivity contribution is -0.151. The molecule has 1 fully saturated rings. The van der Waals surface area contributed by atoms with Gasteiger partial charge in [0.25, 0.3) is 11.8 Å². The number of aromatic nitrogens is 1. The zero-order valence-corrected chi connectivity index (χ0v) is 15.9. The molecule has 3 rings (SSSR count). The molecule has 1 aliphatic rings. The van der Waals surface area contributed by atoms with Crippen LogP contribution in [-0.2, 0) is 19.1 Å². The Kier molecular flexibility index (Phi) is 5.91. The first-order valence-corrected chi connectivity index (χ1v) is 8.89. The second-order valence-electron chi connectivity index (χ2n) is 6.69. The Morgan fingerprint density at radius 1 is 1.28 bits per heavy atom. The maximum atomic E-state index is 12.3. The van der Waals surface area contributed by atoms with Gasteiger partial charge in [-0.25, -0.2) is 0 Å². The Balaban J connectivity index is 1.48. The number of hydrogen-bond acceptors (Lipinski definition) is 7. The topological polar surface area (TPSA) is 131 Å². The van der Waals surface area contributed by atoms with Crippen molar-refractivity contribution < 1.29 is 28.4 Å². The molecule has 1 aliphatic heterocycles. The van der Waals surface area contributed by atoms with Gasteiger partial charge in [-0.05, 0) is 26.0 Å². The van der Waals surface area contributed by atoms with Gasteiger partial charge in [0.1, 0.15) is 5.76 Å². The molecular formula is C19H20N4O6. The van der Waals surface area contributed by atoms with Crippen LogP contribution < -0.4 is 10.7 Å². The maximum absolute atomic E-state index is 12.3. The summed E-state index contributed by atoms with van der Waals surface area (Å²) in [6.07, 6.45) is -0.114. The van der Waals surface area contributed by atoms with E-state index in [-0.39, 0.29) is 18.8 Å². The normalized spacial score (nSPS) is 15.9. The molecule has 1 saturated heterocycles. The van der Waals surface area contributed by atoms with Gasteiger partial charge >= 0.3 is 5.97 Å². The number of ether oxygens (including phenoxy) is 1. The first-order chi connectivity index (χ1) is 13.8. The monoisotopic (exact) mass is 400 g/mol. The number of amides is 3. The van der Waals surface area contributed by atoms with Gasteiger partial charge in [0.15, 0.2) is 12.4 Å². The van der Waals surface area contributed by atoms with Crippen LogP contribution in [0.15, 0.2) is 34.9 Å². The summed E-state index contributed by atoms with van der Waals surface area (Å²) in [5.74, 6) is -2.17. The summed E-state index contributed by atoms with van der Waals surface area (Å²) in [6.45, 7) is 2.97. The Morgan fingerprint density at radius 3 is 2.76 bits per heavy atom. The average molecular weight is 400 g/mol. The van der Waals surface area contributed by atoms with Crippen molar-refractivity contribution in [3.05, 3.63) is 47.2 Å². The molecule has 1 atom stereocenters. The maximum Gasteiger partial charge on any atom is 0.311 e. The van der Waals surface area contributed by atoms with E-state index in [4.69, 9.17) is 9.26 Å². The van der Waals surface area contributed by atoms with E-state index >= 15 is 0 Å². The third kappa shape index (κ3) is 5.18. The van der Waals surface area contributed by atoms with Crippen molar-refractivity contribution in [1.82, 2.24) is 15.6 Å². The molecule has 1 aromatic carbocycles. The van der Waals surface area contributed by atoms with E-state index in [1.54, 1.807) is 25.1 Å². The molecule has 29 heavy (non-hydrogen) atoms. The smallest absolute Gasteiger partial charge is 0.311 e. The van der Waals surface area contributed by atoms with E-state index in [2.05, 4.69) is 15.9 Å². The number of hydrogen-bond donors (Lipinski definition) is 2. The van der Waals surface area contributed by atoms with Gasteiger partial charge in [0, 0.05) is 18.1 Å². The van der Waals surface area contributed by atoms with Crippen LogP contribution >= 0.6 is 0 Å². The molecule has 1 aromatic heterocycles. The zero-order chi connectivity index (χ0) is 21.0. The third-order valence-corrected chi connectivity index (χ3v) is 4.22. The minimum absolute atomic E-state index is 0.0285. The molecular weight excluding hydrogens is 380 g/mol. The van der Waals surface area contributed by atoms with Gasteiger partial charge in [0.2, 0.25) is 5.91 Å². The van der Waals surface area contributed by atoms with Crippen molar-refractivity contribution in [3.63, 3.8) is 0 Å². The van der Waals surface area contributed by atoms with Crippen LogP contribution in [-0.4, -0.2) is 47.0 Å². The lowest BCUT2D eigenvalue weighted by Gasteiger charge is -2.17. The summed E-state index contributed by atoms with van der Waals surface area (Å²) in [4.78, 5) is 48.4. The molecule has 10 nitrogen and oxygen atoms in total. The third-order valence-electron chi connectivity index (χ3n) is 4.22. The zero-order valence-electron chi connectivity index (χ0n) is 15.9. The lowest BCUT2D eigenvalue weighted by Crippen LogP contribution is -2.43. The van der Waals surface area contributed by atoms with Crippen LogP contribution in [0.4, 0.5) is 5.82 Å². The number of nitrogens with zero attached hydrogens (tertiary/aromatic N) is 2. The summed E-state index contributed by atoms with van der Waals surface area (Å²) >= 11 is 0. The van der Waals surface area contributed by atoms with Gasteiger partial charge in [0.05, 0.1) is 12.5 Å². The first-order valence-electron chi connectivity index (χ1n) is 8.89. The number of rotatable bonds is 6. The summed E-state index contributed by atoms with van der Waals surface area (Å²) in [6, 6.07) is 8.43. The largest absolute Gasteiger partial charge is 0.455 e. The molecule has 2 N–H and O–H groups in total. The number of carbonyl (C=O) groups excluding carboxylic acids is 4. The number of esters is 1. The summed E-state index contributed by atoms with van der Waals surface area (Å²) in [5, 5.41) is 7.11. The second kappa shape index (κ2) is 8.55. The molecule has 0 bridgehead atoms. The van der Waals surface area contributed by atoms with Crippen molar-refractivity contribution >= 4 is 29.5 Å². The summed E-state index contributed by atoms with van der Waals surface area (Å²) in [7, 11) is 0. The second-order valence-corrected chi connectivity index (χ2v) is 6.69. The van der Waals surface area contributed by atoms with Gasteiger partial charge in [-0.15, -0.1) is 0 Å². The number of hydrazine groups is 1. The number of nitrogens with one attached hydrogen (secondary N) is 2. The van der Waals surface area contributed by atoms with Gasteiger partial charge in [-0.2, -0.15) is 0 Å². The van der Waals surface area contributed by atoms with Gasteiger partial charge < -0.3 is 14.6 Å². The van der Waals surface area contributed by atoms with E-state index in [1.165, 1.54) is 6.07 Å². The minimum Gasteiger partial charge on any atom is -0.455 e. The average Bonchev–Trinajstić information content (AvgIpc) is 3.25. The van der Waals surface area contributed by atoms with Crippen LogP contribution in [0.2, 0.25) is 0 Å². The Hall–Kier alpha value is -3.69. The van der Waals surface area contributed by atoms with Crippen LogP contribution in [0.25, 0.3) is 0 Å². The highest BCUT2D eigenvalue weighted by Gasteiger charge is 2.36. The molecule has 2 aromatic rings. The van der Waals surface area contributed by atoms with Crippen molar-refractivity contribution in [2.45, 2.75) is 20.3 Å². The molecule has 0 saturated carbocycles. The fourth-order valence-corrected chi connectivity index (χ4v) is 2.81. The molecule has 0 aliphatic carbocycles. The van der Waals surface area contributed by atoms with Gasteiger partial charge in [-0.3, -0.25) is 29.6 Å². The molecule has 0 radical (unpaired) electrons. The Morgan fingerprint density at radius 2 is 2.07 bits per heavy atom. The highest BCUT2D eigenvalue weighted by atomic mass is 16.5. The van der Waals surface area contributed by atoms with Crippen LogP contribution in [0, 0.1) is 19.8 Å². The number of benzene rings is 1. The fraction of sp³-hybridized carbons (Fsp3) is 0.316. The van der Waals surface area contributed by atoms with E-state index < -0.39 is 36.2 Å². The highest BCUT2D eigenvalue weighted by Crippen LogP contribution is 2.18. The molecule has 0 spiro atoms. The number of aryl methyl sites for hydroxylation is 2. The minimum atomic E-state index is -0.776. The lowest BCUT2D eigenvalue weighted by atomic mass is 10.1. The predicted molar refractivity (Wildman–Crippen MR) is 99.3 cm³/mol. The van der Waals surface area contributed by atoms with Crippen LogP contribution in [0.1, 0.15) is 28.1 Å². The molecule has 10 heteroatoms. The standard InChI is InChI=1S/C19H20N4O6/c1-11-4-3-5-13(6-11)18(26)21-23-9-14(8-17(23)25)19(27)28-10-16(24)20-15-7-12(2)29-22-15/h3-7,14H,8-10H2,1-2H3,(H,21,26)(H,20,22,24)/t14-/m0/s1.